The number of rotatable bonds is 1. The zero-order valence-electron chi connectivity index (χ0n) is 9.25. The highest BCUT2D eigenvalue weighted by Gasteiger charge is 2.34. The fourth-order valence-electron chi connectivity index (χ4n) is 1.59. The summed E-state index contributed by atoms with van der Waals surface area (Å²) in [7, 11) is 0. The molecular formula is C12H7F3N2O. The van der Waals surface area contributed by atoms with Crippen molar-refractivity contribution in [3.8, 4) is 17.4 Å². The Morgan fingerprint density at radius 3 is 2.61 bits per heavy atom. The van der Waals surface area contributed by atoms with E-state index in [1.807, 2.05) is 6.07 Å². The maximum atomic E-state index is 12.6. The molecule has 0 fully saturated rings. The summed E-state index contributed by atoms with van der Waals surface area (Å²) in [6, 6.07) is 5.70. The van der Waals surface area contributed by atoms with Crippen molar-refractivity contribution in [2.45, 2.75) is 13.1 Å². The molecule has 0 saturated carbocycles. The van der Waals surface area contributed by atoms with Crippen LogP contribution in [0.2, 0.25) is 0 Å². The van der Waals surface area contributed by atoms with Crippen LogP contribution < -0.4 is 0 Å². The van der Waals surface area contributed by atoms with Crippen LogP contribution in [0, 0.1) is 18.3 Å². The van der Waals surface area contributed by atoms with E-state index in [-0.39, 0.29) is 22.6 Å². The van der Waals surface area contributed by atoms with Crippen molar-refractivity contribution < 1.29 is 17.6 Å². The molecule has 0 amide bonds. The normalized spacial score (nSPS) is 11.3. The molecular weight excluding hydrogens is 245 g/mol. The van der Waals surface area contributed by atoms with Gasteiger partial charge in [-0.05, 0) is 25.1 Å². The molecule has 0 aliphatic carbocycles. The highest BCUT2D eigenvalue weighted by Crippen LogP contribution is 2.33. The number of aryl methyl sites for hydroxylation is 1. The topological polar surface area (TPSA) is 49.8 Å². The van der Waals surface area contributed by atoms with Crippen LogP contribution in [0.15, 0.2) is 28.9 Å². The lowest BCUT2D eigenvalue weighted by Crippen LogP contribution is -2.10. The summed E-state index contributed by atoms with van der Waals surface area (Å²) < 4.78 is 43.0. The van der Waals surface area contributed by atoms with E-state index < -0.39 is 11.9 Å². The van der Waals surface area contributed by atoms with E-state index in [0.717, 1.165) is 6.07 Å². The Balaban J connectivity index is 2.71. The highest BCUT2D eigenvalue weighted by molar-refractivity contribution is 5.67. The van der Waals surface area contributed by atoms with Gasteiger partial charge in [-0.25, -0.2) is 4.98 Å². The molecule has 0 atom stereocenters. The maximum Gasteiger partial charge on any atom is 0.433 e. The fourth-order valence-corrected chi connectivity index (χ4v) is 1.59. The smallest absolute Gasteiger partial charge is 0.433 e. The molecule has 18 heavy (non-hydrogen) atoms. The number of hydrogen-bond acceptors (Lipinski definition) is 3. The molecule has 92 valence electrons. The van der Waals surface area contributed by atoms with Gasteiger partial charge in [0.1, 0.15) is 17.5 Å². The molecule has 0 radical (unpaired) electrons. The summed E-state index contributed by atoms with van der Waals surface area (Å²) >= 11 is 0. The van der Waals surface area contributed by atoms with Crippen LogP contribution in [0.25, 0.3) is 11.3 Å². The van der Waals surface area contributed by atoms with Gasteiger partial charge in [-0.15, -0.1) is 0 Å². The number of nitrogens with zero attached hydrogens (tertiary/aromatic N) is 2. The SMILES string of the molecule is Cc1nc(C(F)(F)F)cc(-c2ccco2)c1C#N. The van der Waals surface area contributed by atoms with Crippen LogP contribution in [0.5, 0.6) is 0 Å². The van der Waals surface area contributed by atoms with Gasteiger partial charge in [0.15, 0.2) is 0 Å². The predicted octanol–water partition coefficient (Wildman–Crippen LogP) is 3.54. The van der Waals surface area contributed by atoms with Crippen molar-refractivity contribution in [2.24, 2.45) is 0 Å². The molecule has 2 aromatic rings. The second-order valence-corrected chi connectivity index (χ2v) is 3.60. The standard InChI is InChI=1S/C12H7F3N2O/c1-7-9(6-16)8(10-3-2-4-18-10)5-11(17-7)12(13,14)15/h2-5H,1H3. The summed E-state index contributed by atoms with van der Waals surface area (Å²) in [5.41, 5.74) is -0.829. The van der Waals surface area contributed by atoms with Crippen molar-refractivity contribution in [1.82, 2.24) is 4.98 Å². The Morgan fingerprint density at radius 1 is 1.39 bits per heavy atom. The van der Waals surface area contributed by atoms with E-state index in [1.54, 1.807) is 6.07 Å². The van der Waals surface area contributed by atoms with Gasteiger partial charge in [0.2, 0.25) is 0 Å². The molecule has 6 heteroatoms. The minimum Gasteiger partial charge on any atom is -0.464 e. The molecule has 2 rings (SSSR count). The molecule has 0 aromatic carbocycles. The first-order chi connectivity index (χ1) is 8.43. The number of pyridine rings is 1. The molecule has 0 saturated heterocycles. The monoisotopic (exact) mass is 252 g/mol. The van der Waals surface area contributed by atoms with Crippen molar-refractivity contribution in [3.05, 3.63) is 41.4 Å². The third-order valence-electron chi connectivity index (χ3n) is 2.39. The van der Waals surface area contributed by atoms with E-state index in [9.17, 15) is 13.2 Å². The van der Waals surface area contributed by atoms with E-state index in [2.05, 4.69) is 4.98 Å². The van der Waals surface area contributed by atoms with Crippen LogP contribution in [0.3, 0.4) is 0 Å². The van der Waals surface area contributed by atoms with E-state index in [0.29, 0.717) is 0 Å². The minimum atomic E-state index is -4.56. The zero-order chi connectivity index (χ0) is 13.3. The fraction of sp³-hybridized carbons (Fsp3) is 0.167. The second-order valence-electron chi connectivity index (χ2n) is 3.60. The van der Waals surface area contributed by atoms with E-state index in [1.165, 1.54) is 19.3 Å². The van der Waals surface area contributed by atoms with Gasteiger partial charge >= 0.3 is 6.18 Å². The van der Waals surface area contributed by atoms with Gasteiger partial charge in [-0.1, -0.05) is 0 Å². The highest BCUT2D eigenvalue weighted by atomic mass is 19.4. The van der Waals surface area contributed by atoms with Gasteiger partial charge in [0.05, 0.1) is 17.5 Å². The Hall–Kier alpha value is -2.29. The van der Waals surface area contributed by atoms with Crippen LogP contribution in [0.4, 0.5) is 13.2 Å². The lowest BCUT2D eigenvalue weighted by Gasteiger charge is -2.10. The molecule has 0 aliphatic heterocycles. The molecule has 0 bridgehead atoms. The minimum absolute atomic E-state index is 0.0266. The first-order valence-electron chi connectivity index (χ1n) is 4.96. The molecule has 3 nitrogen and oxygen atoms in total. The Morgan fingerprint density at radius 2 is 2.11 bits per heavy atom. The summed E-state index contributed by atoms with van der Waals surface area (Å²) in [6.45, 7) is 1.36. The Kier molecular flexibility index (Phi) is 2.83. The second kappa shape index (κ2) is 4.18. The van der Waals surface area contributed by atoms with Crippen LogP contribution in [-0.4, -0.2) is 4.98 Å². The van der Waals surface area contributed by atoms with Gasteiger partial charge < -0.3 is 4.42 Å². The predicted molar refractivity (Wildman–Crippen MR) is 56.4 cm³/mol. The maximum absolute atomic E-state index is 12.6. The zero-order valence-corrected chi connectivity index (χ0v) is 9.25. The number of furan rings is 1. The summed E-state index contributed by atoms with van der Waals surface area (Å²) in [5, 5.41) is 8.98. The van der Waals surface area contributed by atoms with E-state index in [4.69, 9.17) is 9.68 Å². The Bertz CT molecular complexity index is 609. The number of nitriles is 1. The van der Waals surface area contributed by atoms with Gasteiger partial charge in [-0.3, -0.25) is 0 Å². The average molecular weight is 252 g/mol. The van der Waals surface area contributed by atoms with Crippen molar-refractivity contribution in [1.29, 1.82) is 5.26 Å². The number of alkyl halides is 3. The molecule has 0 spiro atoms. The third kappa shape index (κ3) is 2.07. The molecule has 0 unspecified atom stereocenters. The van der Waals surface area contributed by atoms with Crippen LogP contribution in [-0.2, 0) is 6.18 Å². The van der Waals surface area contributed by atoms with Crippen molar-refractivity contribution in [2.75, 3.05) is 0 Å². The van der Waals surface area contributed by atoms with Crippen molar-refractivity contribution >= 4 is 0 Å². The average Bonchev–Trinajstić information content (AvgIpc) is 2.79. The first kappa shape index (κ1) is 12.2. The van der Waals surface area contributed by atoms with Gasteiger partial charge in [-0.2, -0.15) is 18.4 Å². The Labute approximate surface area is 100 Å². The number of aromatic nitrogens is 1. The molecule has 2 heterocycles. The summed E-state index contributed by atoms with van der Waals surface area (Å²) in [5.74, 6) is 0.211. The lowest BCUT2D eigenvalue weighted by molar-refractivity contribution is -0.141. The van der Waals surface area contributed by atoms with Crippen LogP contribution >= 0.6 is 0 Å². The summed E-state index contributed by atoms with van der Waals surface area (Å²) in [4.78, 5) is 3.40. The molecule has 0 aliphatic rings. The van der Waals surface area contributed by atoms with E-state index >= 15 is 0 Å². The molecule has 2 aromatic heterocycles. The van der Waals surface area contributed by atoms with Gasteiger partial charge in [0.25, 0.3) is 0 Å². The first-order valence-corrected chi connectivity index (χ1v) is 4.96. The third-order valence-corrected chi connectivity index (χ3v) is 2.39. The largest absolute Gasteiger partial charge is 0.464 e. The van der Waals surface area contributed by atoms with Crippen LogP contribution in [0.1, 0.15) is 17.0 Å². The van der Waals surface area contributed by atoms with Crippen molar-refractivity contribution in [3.63, 3.8) is 0 Å². The number of hydrogen-bond donors (Lipinski definition) is 0. The van der Waals surface area contributed by atoms with Gasteiger partial charge in [0, 0.05) is 5.56 Å². The lowest BCUT2D eigenvalue weighted by atomic mass is 10.0. The summed E-state index contributed by atoms with van der Waals surface area (Å²) in [6.07, 6.45) is -3.22. The molecule has 0 N–H and O–H groups in total. The number of halogens is 3. The quantitative estimate of drug-likeness (QED) is 0.779.